The smallest absolute Gasteiger partial charge is 0.337 e. The lowest BCUT2D eigenvalue weighted by Crippen LogP contribution is -2.39. The molecule has 35 heavy (non-hydrogen) atoms. The molecule has 2 N–H and O–H groups in total. The fourth-order valence-corrected chi connectivity index (χ4v) is 4.29. The van der Waals surface area contributed by atoms with E-state index in [0.717, 1.165) is 15.5 Å². The minimum absolute atomic E-state index is 0.0510. The maximum atomic E-state index is 13.4. The topological polar surface area (TPSA) is 116 Å². The van der Waals surface area contributed by atoms with E-state index in [1.165, 1.54) is 11.7 Å². The molecule has 3 heterocycles. The molecule has 0 amide bonds. The highest BCUT2D eigenvalue weighted by molar-refractivity contribution is 6.35. The molecular weight excluding hydrogens is 472 g/mol. The van der Waals surface area contributed by atoms with Gasteiger partial charge in [0.1, 0.15) is 0 Å². The Morgan fingerprint density at radius 3 is 2.54 bits per heavy atom. The fraction of sp³-hybridized carbons (Fsp3) is 0.167. The number of H-pyrrole nitrogens is 1. The molecule has 10 nitrogen and oxygen atoms in total. The summed E-state index contributed by atoms with van der Waals surface area (Å²) in [4.78, 5) is 45.8. The molecule has 0 aliphatic carbocycles. The Balaban J connectivity index is 1.55. The highest BCUT2D eigenvalue weighted by Crippen LogP contribution is 2.24. The van der Waals surface area contributed by atoms with Crippen LogP contribution in [-0.4, -0.2) is 36.7 Å². The number of halogens is 1. The van der Waals surface area contributed by atoms with E-state index >= 15 is 0 Å². The molecule has 0 saturated heterocycles. The van der Waals surface area contributed by atoms with Gasteiger partial charge < -0.3 is 19.6 Å². The number of carbonyl (C=O) groups is 1. The van der Waals surface area contributed by atoms with Gasteiger partial charge >= 0.3 is 11.7 Å². The van der Waals surface area contributed by atoms with Crippen LogP contribution in [0.5, 0.6) is 0 Å². The van der Waals surface area contributed by atoms with E-state index in [1.807, 2.05) is 18.2 Å². The predicted octanol–water partition coefficient (Wildman–Crippen LogP) is 3.15. The fourth-order valence-electron chi connectivity index (χ4n) is 4.06. The van der Waals surface area contributed by atoms with Gasteiger partial charge in [-0.25, -0.2) is 9.59 Å². The molecule has 178 valence electrons. The molecule has 0 unspecified atom stereocenters. The second-order valence-corrected chi connectivity index (χ2v) is 8.50. The minimum atomic E-state index is -0.487. The molecule has 0 spiro atoms. The zero-order chi connectivity index (χ0) is 24.9. The maximum Gasteiger partial charge on any atom is 0.337 e. The molecule has 11 heteroatoms. The van der Waals surface area contributed by atoms with Gasteiger partial charge in [0, 0.05) is 41.4 Å². The van der Waals surface area contributed by atoms with Crippen molar-refractivity contribution in [1.82, 2.24) is 23.7 Å². The summed E-state index contributed by atoms with van der Waals surface area (Å²) in [5.74, 6) is -0.0693. The summed E-state index contributed by atoms with van der Waals surface area (Å²) in [5, 5.41) is 4.53. The standard InChI is InChI=1S/C24H21ClN6O4/c1-29-19-20(28-23(29)27-14-9-7-13(8-10-14)22(33)35-3)30(2)24(34)31(21(19)32)12-15-11-16-17(25)5-4-6-18(16)26-15/h4-11,26H,12H2,1-3H3,(H,27,28). The lowest BCUT2D eigenvalue weighted by Gasteiger charge is -2.08. The van der Waals surface area contributed by atoms with Gasteiger partial charge in [0.25, 0.3) is 5.56 Å². The highest BCUT2D eigenvalue weighted by Gasteiger charge is 2.19. The Bertz CT molecular complexity index is 1730. The van der Waals surface area contributed by atoms with Crippen LogP contribution in [0, 0.1) is 0 Å². The van der Waals surface area contributed by atoms with E-state index in [4.69, 9.17) is 16.3 Å². The summed E-state index contributed by atoms with van der Waals surface area (Å²) < 4.78 is 8.82. The van der Waals surface area contributed by atoms with Gasteiger partial charge in [0.15, 0.2) is 11.2 Å². The minimum Gasteiger partial charge on any atom is -0.465 e. The Kier molecular flexibility index (Phi) is 5.45. The Hall–Kier alpha value is -4.31. The molecule has 0 atom stereocenters. The molecule has 0 aliphatic heterocycles. The first-order valence-electron chi connectivity index (χ1n) is 10.7. The number of aromatic nitrogens is 5. The second kappa shape index (κ2) is 8.48. The van der Waals surface area contributed by atoms with Crippen molar-refractivity contribution in [3.63, 3.8) is 0 Å². The van der Waals surface area contributed by atoms with Crippen LogP contribution in [0.3, 0.4) is 0 Å². The van der Waals surface area contributed by atoms with Crippen LogP contribution < -0.4 is 16.6 Å². The molecule has 0 fully saturated rings. The summed E-state index contributed by atoms with van der Waals surface area (Å²) in [6.07, 6.45) is 0. The van der Waals surface area contributed by atoms with Gasteiger partial charge in [-0.1, -0.05) is 17.7 Å². The summed E-state index contributed by atoms with van der Waals surface area (Å²) in [6, 6.07) is 14.0. The quantitative estimate of drug-likeness (QED) is 0.364. The van der Waals surface area contributed by atoms with Crippen molar-refractivity contribution in [1.29, 1.82) is 0 Å². The third-order valence-corrected chi connectivity index (χ3v) is 6.25. The van der Waals surface area contributed by atoms with Gasteiger partial charge in [-0.15, -0.1) is 0 Å². The summed E-state index contributed by atoms with van der Waals surface area (Å²) in [7, 11) is 4.59. The van der Waals surface area contributed by atoms with E-state index in [2.05, 4.69) is 15.3 Å². The number of carbonyl (C=O) groups excluding carboxylic acids is 1. The summed E-state index contributed by atoms with van der Waals surface area (Å²) in [5.41, 5.74) is 2.14. The van der Waals surface area contributed by atoms with E-state index < -0.39 is 17.2 Å². The number of fused-ring (bicyclic) bond motifs is 2. The molecule has 5 rings (SSSR count). The van der Waals surface area contributed by atoms with Crippen molar-refractivity contribution in [3.8, 4) is 0 Å². The van der Waals surface area contributed by atoms with E-state index in [-0.39, 0.29) is 17.7 Å². The number of methoxy groups -OCH3 is 1. The van der Waals surface area contributed by atoms with Crippen LogP contribution in [0.15, 0.2) is 58.1 Å². The number of aryl methyl sites for hydroxylation is 2. The molecule has 5 aromatic rings. The van der Waals surface area contributed by atoms with Crippen LogP contribution in [0.1, 0.15) is 16.1 Å². The maximum absolute atomic E-state index is 13.4. The van der Waals surface area contributed by atoms with Gasteiger partial charge in [-0.3, -0.25) is 13.9 Å². The van der Waals surface area contributed by atoms with Crippen molar-refractivity contribution >= 4 is 51.3 Å². The van der Waals surface area contributed by atoms with Crippen molar-refractivity contribution in [2.24, 2.45) is 14.1 Å². The lowest BCUT2D eigenvalue weighted by molar-refractivity contribution is 0.0601. The van der Waals surface area contributed by atoms with Gasteiger partial charge in [0.05, 0.1) is 19.2 Å². The number of aromatic amines is 1. The predicted molar refractivity (Wildman–Crippen MR) is 134 cm³/mol. The highest BCUT2D eigenvalue weighted by atomic mass is 35.5. The number of imidazole rings is 1. The van der Waals surface area contributed by atoms with Crippen molar-refractivity contribution in [3.05, 3.63) is 85.6 Å². The molecule has 0 saturated carbocycles. The molecule has 3 aromatic heterocycles. The van der Waals surface area contributed by atoms with Crippen molar-refractivity contribution < 1.29 is 9.53 Å². The second-order valence-electron chi connectivity index (χ2n) is 8.09. The Morgan fingerprint density at radius 1 is 1.11 bits per heavy atom. The van der Waals surface area contributed by atoms with Crippen molar-refractivity contribution in [2.75, 3.05) is 12.4 Å². The first-order valence-corrected chi connectivity index (χ1v) is 11.0. The third-order valence-electron chi connectivity index (χ3n) is 5.92. The van der Waals surface area contributed by atoms with E-state index in [9.17, 15) is 14.4 Å². The van der Waals surface area contributed by atoms with E-state index in [1.54, 1.807) is 49.0 Å². The molecule has 0 bridgehead atoms. The van der Waals surface area contributed by atoms with Crippen LogP contribution in [0.4, 0.5) is 11.6 Å². The number of hydrogen-bond donors (Lipinski definition) is 2. The number of esters is 1. The van der Waals surface area contributed by atoms with Crippen LogP contribution in [0.25, 0.3) is 22.1 Å². The van der Waals surface area contributed by atoms with Gasteiger partial charge in [0.2, 0.25) is 5.95 Å². The zero-order valence-corrected chi connectivity index (χ0v) is 19.9. The summed E-state index contributed by atoms with van der Waals surface area (Å²) >= 11 is 6.26. The first-order chi connectivity index (χ1) is 16.8. The zero-order valence-electron chi connectivity index (χ0n) is 19.1. The number of rotatable bonds is 5. The van der Waals surface area contributed by atoms with Crippen LogP contribution >= 0.6 is 11.6 Å². The van der Waals surface area contributed by atoms with Gasteiger partial charge in [-0.2, -0.15) is 4.98 Å². The average molecular weight is 493 g/mol. The number of nitrogens with one attached hydrogen (secondary N) is 2. The Morgan fingerprint density at radius 2 is 1.86 bits per heavy atom. The number of benzene rings is 2. The monoisotopic (exact) mass is 492 g/mol. The summed E-state index contributed by atoms with van der Waals surface area (Å²) in [6.45, 7) is 0.0510. The van der Waals surface area contributed by atoms with Crippen LogP contribution in [0.2, 0.25) is 5.02 Å². The molecular formula is C24H21ClN6O4. The molecule has 0 aliphatic rings. The largest absolute Gasteiger partial charge is 0.465 e. The third kappa shape index (κ3) is 3.77. The van der Waals surface area contributed by atoms with E-state index in [0.29, 0.717) is 27.9 Å². The van der Waals surface area contributed by atoms with Crippen molar-refractivity contribution in [2.45, 2.75) is 6.54 Å². The normalized spacial score (nSPS) is 11.3. The van der Waals surface area contributed by atoms with Gasteiger partial charge in [-0.05, 0) is 42.5 Å². The van der Waals surface area contributed by atoms with Crippen LogP contribution in [-0.2, 0) is 25.4 Å². The first kappa shape index (κ1) is 22.5. The number of hydrogen-bond acceptors (Lipinski definition) is 6. The lowest BCUT2D eigenvalue weighted by atomic mass is 10.2. The molecule has 0 radical (unpaired) electrons. The molecule has 2 aromatic carbocycles. The number of nitrogens with zero attached hydrogens (tertiary/aromatic N) is 4. The number of ether oxygens (including phenoxy) is 1. The average Bonchev–Trinajstić information content (AvgIpc) is 3.42. The SMILES string of the molecule is COC(=O)c1ccc(Nc2nc3c(c(=O)n(Cc4cc5c(Cl)cccc5[nH]4)c(=O)n3C)n2C)cc1. The Labute approximate surface area is 203 Å². The number of anilines is 2.